The predicted octanol–water partition coefficient (Wildman–Crippen LogP) is 5.82. The first-order chi connectivity index (χ1) is 20.5. The first kappa shape index (κ1) is 29.8. The maximum atomic E-state index is 13.8. The molecule has 0 aliphatic carbocycles. The monoisotopic (exact) mass is 608 g/mol. The summed E-state index contributed by atoms with van der Waals surface area (Å²) in [5.74, 6) is -0.871. The van der Waals surface area contributed by atoms with Crippen molar-refractivity contribution < 1.29 is 23.5 Å². The number of thioether (sulfide) groups is 1. The highest BCUT2D eigenvalue weighted by Gasteiger charge is 2.33. The van der Waals surface area contributed by atoms with Gasteiger partial charge in [0.2, 0.25) is 0 Å². The van der Waals surface area contributed by atoms with Gasteiger partial charge >= 0.3 is 0 Å². The lowest BCUT2D eigenvalue weighted by molar-refractivity contribution is -0.122. The van der Waals surface area contributed by atoms with E-state index < -0.39 is 11.7 Å². The Morgan fingerprint density at radius 1 is 1.07 bits per heavy atom. The van der Waals surface area contributed by atoms with Gasteiger partial charge in [0.15, 0.2) is 11.8 Å². The van der Waals surface area contributed by atoms with E-state index in [2.05, 4.69) is 10.2 Å². The molecule has 0 radical (unpaired) electrons. The van der Waals surface area contributed by atoms with E-state index in [4.69, 9.17) is 26.1 Å². The molecule has 2 fully saturated rings. The summed E-state index contributed by atoms with van der Waals surface area (Å²) >= 11 is 7.77. The van der Waals surface area contributed by atoms with Crippen molar-refractivity contribution in [2.24, 2.45) is 4.99 Å². The average molecular weight is 609 g/mol. The number of nitrogens with one attached hydrogen (secondary N) is 1. The third kappa shape index (κ3) is 7.98. The Balaban J connectivity index is 1.25. The molecule has 0 unspecified atom stereocenters. The van der Waals surface area contributed by atoms with Crippen LogP contribution in [0.5, 0.6) is 5.75 Å². The number of anilines is 1. The number of hydrogen-bond acceptors (Lipinski definition) is 7. The van der Waals surface area contributed by atoms with E-state index in [0.717, 1.165) is 45.0 Å². The normalized spacial score (nSPS) is 17.7. The van der Waals surface area contributed by atoms with E-state index >= 15 is 0 Å². The molecule has 2 aliphatic rings. The quantitative estimate of drug-likeness (QED) is 0.292. The van der Waals surface area contributed by atoms with Gasteiger partial charge in [-0.05, 0) is 66.2 Å². The zero-order valence-corrected chi connectivity index (χ0v) is 24.4. The fourth-order valence-electron chi connectivity index (χ4n) is 4.45. The number of carbonyl (C=O) groups excluding carboxylic acids is 2. The summed E-state index contributed by atoms with van der Waals surface area (Å²) in [7, 11) is 0. The van der Waals surface area contributed by atoms with Crippen LogP contribution in [0.1, 0.15) is 12.0 Å². The zero-order valence-electron chi connectivity index (χ0n) is 22.8. The number of aliphatic imine (C=N–C) groups is 1. The molecule has 3 aromatic rings. The van der Waals surface area contributed by atoms with Crippen LogP contribution in [0.2, 0.25) is 5.02 Å². The molecular formula is C31H30ClFN4O4S. The molecule has 8 nitrogen and oxygen atoms in total. The summed E-state index contributed by atoms with van der Waals surface area (Å²) in [4.78, 5) is 35.1. The highest BCUT2D eigenvalue weighted by atomic mass is 35.5. The van der Waals surface area contributed by atoms with E-state index in [-0.39, 0.29) is 23.2 Å². The molecule has 11 heteroatoms. The van der Waals surface area contributed by atoms with E-state index in [0.29, 0.717) is 27.9 Å². The van der Waals surface area contributed by atoms with Crippen molar-refractivity contribution in [3.8, 4) is 5.75 Å². The summed E-state index contributed by atoms with van der Waals surface area (Å²) < 4.78 is 24.8. The Kier molecular flexibility index (Phi) is 10.3. The molecule has 0 saturated carbocycles. The molecule has 218 valence electrons. The van der Waals surface area contributed by atoms with Gasteiger partial charge in [-0.1, -0.05) is 48.0 Å². The first-order valence-corrected chi connectivity index (χ1v) is 14.8. The van der Waals surface area contributed by atoms with Crippen LogP contribution in [0.25, 0.3) is 6.08 Å². The number of rotatable bonds is 10. The lowest BCUT2D eigenvalue weighted by Crippen LogP contribution is -2.38. The van der Waals surface area contributed by atoms with Gasteiger partial charge in [-0.2, -0.15) is 0 Å². The summed E-state index contributed by atoms with van der Waals surface area (Å²) in [5.41, 5.74) is 1.55. The number of carbonyl (C=O) groups is 2. The molecule has 42 heavy (non-hydrogen) atoms. The number of morpholine rings is 1. The Bertz CT molecular complexity index is 1480. The van der Waals surface area contributed by atoms with Crippen molar-refractivity contribution in [2.45, 2.75) is 6.42 Å². The summed E-state index contributed by atoms with van der Waals surface area (Å²) in [6.45, 7) is 4.35. The highest BCUT2D eigenvalue weighted by molar-refractivity contribution is 8.18. The third-order valence-corrected chi connectivity index (χ3v) is 7.89. The van der Waals surface area contributed by atoms with Gasteiger partial charge in [-0.3, -0.25) is 19.4 Å². The minimum Gasteiger partial charge on any atom is -0.482 e. The average Bonchev–Trinajstić information content (AvgIpc) is 3.28. The molecule has 3 aromatic carbocycles. The fraction of sp³-hybridized carbons (Fsp3) is 0.258. The van der Waals surface area contributed by atoms with Gasteiger partial charge in [0, 0.05) is 26.2 Å². The standard InChI is InChI=1S/C31H30ClFN4O4S/c32-24-19-22(11-12-27(24)41-21-29(38)35-26-10-5-4-9-25(26)33)20-28-30(39)37(14-6-13-36-15-17-40-18-16-36)31(42-28)34-23-7-2-1-3-8-23/h1-5,7-12,19-20H,6,13-18,21H2,(H,35,38)/b28-20-,34-31?. The number of ether oxygens (including phenoxy) is 2. The highest BCUT2D eigenvalue weighted by Crippen LogP contribution is 2.35. The molecule has 0 spiro atoms. The molecule has 5 rings (SSSR count). The van der Waals surface area contributed by atoms with Crippen molar-refractivity contribution in [3.05, 3.63) is 94.1 Å². The van der Waals surface area contributed by atoms with Gasteiger partial charge in [0.25, 0.3) is 11.8 Å². The summed E-state index contributed by atoms with van der Waals surface area (Å²) in [6, 6.07) is 20.5. The van der Waals surface area contributed by atoms with Crippen molar-refractivity contribution in [3.63, 3.8) is 0 Å². The van der Waals surface area contributed by atoms with E-state index in [1.54, 1.807) is 35.2 Å². The Labute approximate surface area is 253 Å². The van der Waals surface area contributed by atoms with Crippen LogP contribution in [0.15, 0.2) is 82.7 Å². The molecule has 0 bridgehead atoms. The molecule has 0 atom stereocenters. The molecular weight excluding hydrogens is 579 g/mol. The lowest BCUT2D eigenvalue weighted by atomic mass is 10.2. The smallest absolute Gasteiger partial charge is 0.266 e. The van der Waals surface area contributed by atoms with Crippen LogP contribution in [0.4, 0.5) is 15.8 Å². The second kappa shape index (κ2) is 14.5. The van der Waals surface area contributed by atoms with E-state index in [1.165, 1.54) is 30.0 Å². The maximum Gasteiger partial charge on any atom is 0.266 e. The van der Waals surface area contributed by atoms with Crippen molar-refractivity contribution in [2.75, 3.05) is 51.3 Å². The molecule has 2 amide bonds. The summed E-state index contributed by atoms with van der Waals surface area (Å²) in [6.07, 6.45) is 2.59. The molecule has 1 N–H and O–H groups in total. The fourth-order valence-corrected chi connectivity index (χ4v) is 5.71. The van der Waals surface area contributed by atoms with Gasteiger partial charge in [-0.25, -0.2) is 9.38 Å². The lowest BCUT2D eigenvalue weighted by Gasteiger charge is -2.27. The maximum absolute atomic E-state index is 13.8. The van der Waals surface area contributed by atoms with Gasteiger partial charge in [-0.15, -0.1) is 0 Å². The predicted molar refractivity (Wildman–Crippen MR) is 165 cm³/mol. The van der Waals surface area contributed by atoms with Gasteiger partial charge in [0.05, 0.1) is 34.5 Å². The molecule has 2 saturated heterocycles. The number of hydrogen-bond donors (Lipinski definition) is 1. The SMILES string of the molecule is O=C(COc1ccc(/C=C2\SC(=Nc3ccccc3)N(CCCN3CCOCC3)C2=O)cc1Cl)Nc1ccccc1F. The van der Waals surface area contributed by atoms with Crippen LogP contribution in [0, 0.1) is 5.82 Å². The molecule has 2 aliphatic heterocycles. The Morgan fingerprint density at radius 3 is 2.60 bits per heavy atom. The second-order valence-electron chi connectivity index (χ2n) is 9.61. The number of amidine groups is 1. The topological polar surface area (TPSA) is 83.5 Å². The van der Waals surface area contributed by atoms with Gasteiger partial charge in [0.1, 0.15) is 11.6 Å². The van der Waals surface area contributed by atoms with Crippen LogP contribution in [-0.2, 0) is 14.3 Å². The van der Waals surface area contributed by atoms with Crippen molar-refractivity contribution >= 4 is 57.8 Å². The number of nitrogens with zero attached hydrogens (tertiary/aromatic N) is 3. The zero-order chi connectivity index (χ0) is 29.3. The number of benzene rings is 3. The van der Waals surface area contributed by atoms with Crippen LogP contribution in [-0.4, -0.2) is 72.8 Å². The Morgan fingerprint density at radius 2 is 1.83 bits per heavy atom. The van der Waals surface area contributed by atoms with Crippen LogP contribution < -0.4 is 10.1 Å². The third-order valence-electron chi connectivity index (χ3n) is 6.59. The van der Waals surface area contributed by atoms with E-state index in [1.807, 2.05) is 30.3 Å². The minimum atomic E-state index is -0.534. The number of amides is 2. The van der Waals surface area contributed by atoms with E-state index in [9.17, 15) is 14.0 Å². The largest absolute Gasteiger partial charge is 0.482 e. The molecule has 2 heterocycles. The van der Waals surface area contributed by atoms with Gasteiger partial charge < -0.3 is 14.8 Å². The Hall–Kier alpha value is -3.70. The minimum absolute atomic E-state index is 0.0724. The first-order valence-electron chi connectivity index (χ1n) is 13.6. The second-order valence-corrected chi connectivity index (χ2v) is 11.0. The summed E-state index contributed by atoms with van der Waals surface area (Å²) in [5, 5.41) is 3.37. The van der Waals surface area contributed by atoms with Crippen LogP contribution >= 0.6 is 23.4 Å². The number of halogens is 2. The van der Waals surface area contributed by atoms with Crippen molar-refractivity contribution in [1.29, 1.82) is 0 Å². The van der Waals surface area contributed by atoms with Crippen LogP contribution in [0.3, 0.4) is 0 Å². The van der Waals surface area contributed by atoms with Crippen molar-refractivity contribution in [1.82, 2.24) is 9.80 Å². The number of para-hydroxylation sites is 2. The molecule has 0 aromatic heterocycles.